The first-order valence-corrected chi connectivity index (χ1v) is 7.75. The van der Waals surface area contributed by atoms with Gasteiger partial charge in [-0.2, -0.15) is 11.8 Å². The van der Waals surface area contributed by atoms with Crippen molar-refractivity contribution in [2.75, 3.05) is 13.1 Å². The fourth-order valence-corrected chi connectivity index (χ4v) is 4.28. The Hall–Kier alpha value is -0.970. The molecule has 0 aromatic carbocycles. The van der Waals surface area contributed by atoms with Gasteiger partial charge in [-0.1, -0.05) is 26.0 Å². The minimum Gasteiger partial charge on any atom is -0.481 e. The molecule has 1 heterocycles. The fraction of sp³-hybridized carbons (Fsp3) is 0.714. The van der Waals surface area contributed by atoms with E-state index in [1.807, 2.05) is 28.8 Å². The summed E-state index contributed by atoms with van der Waals surface area (Å²) in [5.74, 6) is -1.77. The molecule has 2 rings (SSSR count). The number of amides is 1. The quantitative estimate of drug-likeness (QED) is 0.788. The molecule has 1 fully saturated rings. The zero-order valence-corrected chi connectivity index (χ0v) is 12.2. The molecule has 1 amide bonds. The lowest BCUT2D eigenvalue weighted by atomic mass is 9.82. The van der Waals surface area contributed by atoms with Crippen LogP contribution in [0.4, 0.5) is 0 Å². The van der Waals surface area contributed by atoms with E-state index in [1.165, 1.54) is 0 Å². The second-order valence-corrected chi connectivity index (χ2v) is 7.38. The summed E-state index contributed by atoms with van der Waals surface area (Å²) in [6.45, 7) is 5.72. The van der Waals surface area contributed by atoms with Crippen LogP contribution in [-0.2, 0) is 9.59 Å². The number of hydrogen-bond acceptors (Lipinski definition) is 3. The summed E-state index contributed by atoms with van der Waals surface area (Å²) < 4.78 is 0. The van der Waals surface area contributed by atoms with Gasteiger partial charge in [0, 0.05) is 23.6 Å². The molecule has 1 aliphatic carbocycles. The first kappa shape index (κ1) is 14.4. The number of rotatable bonds is 2. The topological polar surface area (TPSA) is 57.6 Å². The van der Waals surface area contributed by atoms with Crippen molar-refractivity contribution in [1.82, 2.24) is 4.90 Å². The lowest BCUT2D eigenvalue weighted by molar-refractivity contribution is -0.150. The van der Waals surface area contributed by atoms with E-state index >= 15 is 0 Å². The maximum absolute atomic E-state index is 12.6. The summed E-state index contributed by atoms with van der Waals surface area (Å²) in [6.07, 6.45) is 4.84. The average molecular weight is 283 g/mol. The summed E-state index contributed by atoms with van der Waals surface area (Å²) in [4.78, 5) is 25.7. The number of carbonyl (C=O) groups is 2. The largest absolute Gasteiger partial charge is 0.481 e. The van der Waals surface area contributed by atoms with Crippen LogP contribution in [0.25, 0.3) is 0 Å². The third kappa shape index (κ3) is 3.32. The molecule has 0 aromatic rings. The molecule has 0 radical (unpaired) electrons. The molecular formula is C14H21NO3S. The van der Waals surface area contributed by atoms with Crippen LogP contribution in [0, 0.1) is 11.8 Å². The van der Waals surface area contributed by atoms with Crippen LogP contribution in [0.15, 0.2) is 12.2 Å². The molecule has 1 aliphatic heterocycles. The number of carboxylic acids is 1. The highest BCUT2D eigenvalue weighted by molar-refractivity contribution is 8.00. The molecule has 4 nitrogen and oxygen atoms in total. The smallest absolute Gasteiger partial charge is 0.307 e. The van der Waals surface area contributed by atoms with Crippen LogP contribution < -0.4 is 0 Å². The summed E-state index contributed by atoms with van der Waals surface area (Å²) >= 11 is 1.89. The van der Waals surface area contributed by atoms with Gasteiger partial charge < -0.3 is 10.0 Å². The molecule has 1 N–H and O–H groups in total. The molecule has 106 valence electrons. The molecule has 1 saturated heterocycles. The Bertz CT molecular complexity index is 386. The van der Waals surface area contributed by atoms with Gasteiger partial charge in [0.15, 0.2) is 0 Å². The second kappa shape index (κ2) is 5.99. The SMILES string of the molecule is CC1CN(C(=O)C2CC=CCC2C(=O)O)CC(C)S1. The first-order valence-electron chi connectivity index (χ1n) is 6.81. The van der Waals surface area contributed by atoms with Crippen molar-refractivity contribution >= 4 is 23.6 Å². The minimum absolute atomic E-state index is 0.0238. The number of thioether (sulfide) groups is 1. The molecule has 5 heteroatoms. The van der Waals surface area contributed by atoms with Crippen LogP contribution in [0.1, 0.15) is 26.7 Å². The Morgan fingerprint density at radius 3 is 2.16 bits per heavy atom. The van der Waals surface area contributed by atoms with Gasteiger partial charge in [0.2, 0.25) is 5.91 Å². The molecular weight excluding hydrogens is 262 g/mol. The van der Waals surface area contributed by atoms with Gasteiger partial charge in [0.1, 0.15) is 0 Å². The van der Waals surface area contributed by atoms with E-state index in [9.17, 15) is 14.7 Å². The number of carboxylic acid groups (broad SMARTS) is 1. The minimum atomic E-state index is -0.852. The van der Waals surface area contributed by atoms with E-state index in [1.54, 1.807) is 0 Å². The number of aliphatic carboxylic acids is 1. The van der Waals surface area contributed by atoms with Gasteiger partial charge >= 0.3 is 5.97 Å². The van der Waals surface area contributed by atoms with Crippen LogP contribution in [-0.4, -0.2) is 45.5 Å². The maximum Gasteiger partial charge on any atom is 0.307 e. The van der Waals surface area contributed by atoms with Gasteiger partial charge in [-0.25, -0.2) is 0 Å². The lowest BCUT2D eigenvalue weighted by Crippen LogP contribution is -2.48. The average Bonchev–Trinajstić information content (AvgIpc) is 2.36. The third-order valence-corrected chi connectivity index (χ3v) is 5.03. The Kier molecular flexibility index (Phi) is 4.55. The molecule has 0 spiro atoms. The standard InChI is InChI=1S/C14H21NO3S/c1-9-7-15(8-10(2)19-9)13(16)11-5-3-4-6-12(11)14(17)18/h3-4,9-12H,5-8H2,1-2H3,(H,17,18). The maximum atomic E-state index is 12.6. The van der Waals surface area contributed by atoms with E-state index < -0.39 is 11.9 Å². The zero-order chi connectivity index (χ0) is 14.0. The molecule has 4 unspecified atom stereocenters. The van der Waals surface area contributed by atoms with Crippen molar-refractivity contribution < 1.29 is 14.7 Å². The summed E-state index contributed by atoms with van der Waals surface area (Å²) in [5.41, 5.74) is 0. The van der Waals surface area contributed by atoms with E-state index in [0.717, 1.165) is 13.1 Å². The Balaban J connectivity index is 2.09. The van der Waals surface area contributed by atoms with Crippen molar-refractivity contribution in [1.29, 1.82) is 0 Å². The van der Waals surface area contributed by atoms with E-state index in [2.05, 4.69) is 13.8 Å². The fourth-order valence-electron chi connectivity index (χ4n) is 2.95. The highest BCUT2D eigenvalue weighted by atomic mass is 32.2. The van der Waals surface area contributed by atoms with Crippen LogP contribution in [0.2, 0.25) is 0 Å². The van der Waals surface area contributed by atoms with Gasteiger partial charge in [-0.15, -0.1) is 0 Å². The van der Waals surface area contributed by atoms with Crippen molar-refractivity contribution in [2.45, 2.75) is 37.2 Å². The van der Waals surface area contributed by atoms with Crippen LogP contribution >= 0.6 is 11.8 Å². The molecule has 2 aliphatic rings. The predicted octanol–water partition coefficient (Wildman–Crippen LogP) is 2.01. The van der Waals surface area contributed by atoms with Crippen molar-refractivity contribution in [3.05, 3.63) is 12.2 Å². The van der Waals surface area contributed by atoms with Crippen molar-refractivity contribution in [3.8, 4) is 0 Å². The molecule has 0 aromatic heterocycles. The Morgan fingerprint density at radius 2 is 1.63 bits per heavy atom. The first-order chi connectivity index (χ1) is 8.99. The van der Waals surface area contributed by atoms with Gasteiger partial charge in [0.25, 0.3) is 0 Å². The van der Waals surface area contributed by atoms with Crippen molar-refractivity contribution in [2.24, 2.45) is 11.8 Å². The van der Waals surface area contributed by atoms with E-state index in [-0.39, 0.29) is 11.8 Å². The van der Waals surface area contributed by atoms with Crippen LogP contribution in [0.3, 0.4) is 0 Å². The third-order valence-electron chi connectivity index (χ3n) is 3.80. The summed E-state index contributed by atoms with van der Waals surface area (Å²) in [7, 11) is 0. The molecule has 4 atom stereocenters. The second-order valence-electron chi connectivity index (χ2n) is 5.49. The monoisotopic (exact) mass is 283 g/mol. The van der Waals surface area contributed by atoms with Gasteiger partial charge in [-0.05, 0) is 12.8 Å². The molecule has 0 bridgehead atoms. The summed E-state index contributed by atoms with van der Waals surface area (Å²) in [6, 6.07) is 0. The normalized spacial score (nSPS) is 35.2. The Morgan fingerprint density at radius 1 is 1.11 bits per heavy atom. The predicted molar refractivity (Wildman–Crippen MR) is 76.1 cm³/mol. The highest BCUT2D eigenvalue weighted by Crippen LogP contribution is 2.31. The number of allylic oxidation sites excluding steroid dienone is 2. The molecule has 0 saturated carbocycles. The zero-order valence-electron chi connectivity index (χ0n) is 11.4. The van der Waals surface area contributed by atoms with Crippen LogP contribution in [0.5, 0.6) is 0 Å². The van der Waals surface area contributed by atoms with Gasteiger partial charge in [0.05, 0.1) is 11.8 Å². The van der Waals surface area contributed by atoms with E-state index in [4.69, 9.17) is 0 Å². The Labute approximate surface area is 118 Å². The lowest BCUT2D eigenvalue weighted by Gasteiger charge is -2.38. The van der Waals surface area contributed by atoms with E-state index in [0.29, 0.717) is 23.3 Å². The van der Waals surface area contributed by atoms with Gasteiger partial charge in [-0.3, -0.25) is 9.59 Å². The number of hydrogen-bond donors (Lipinski definition) is 1. The van der Waals surface area contributed by atoms with Crippen molar-refractivity contribution in [3.63, 3.8) is 0 Å². The summed E-state index contributed by atoms with van der Waals surface area (Å²) in [5, 5.41) is 10.1. The molecule has 19 heavy (non-hydrogen) atoms. The number of nitrogens with zero attached hydrogens (tertiary/aromatic N) is 1. The number of carbonyl (C=O) groups excluding carboxylic acids is 1. The highest BCUT2D eigenvalue weighted by Gasteiger charge is 2.38.